The van der Waals surface area contributed by atoms with E-state index >= 15 is 0 Å². The molecule has 0 amide bonds. The molecule has 0 aliphatic heterocycles. The smallest absolute Gasteiger partial charge is 0.197 e. The minimum absolute atomic E-state index is 0.0746. The molecule has 0 radical (unpaired) electrons. The third kappa shape index (κ3) is 2.06. The van der Waals surface area contributed by atoms with E-state index in [4.69, 9.17) is 0 Å². The highest BCUT2D eigenvalue weighted by Gasteiger charge is 2.13. The maximum absolute atomic E-state index is 13.2. The molecule has 0 aliphatic rings. The van der Waals surface area contributed by atoms with Crippen molar-refractivity contribution in [3.63, 3.8) is 0 Å². The zero-order valence-electron chi connectivity index (χ0n) is 15.1. The summed E-state index contributed by atoms with van der Waals surface area (Å²) in [5.41, 5.74) is 7.78. The second-order valence-corrected chi connectivity index (χ2v) is 9.06. The average molecular weight is 426 g/mol. The number of nitrogens with zero attached hydrogens (tertiary/aromatic N) is 2. The van der Waals surface area contributed by atoms with E-state index in [1.54, 1.807) is 23.2 Å². The summed E-state index contributed by atoms with van der Waals surface area (Å²) in [6.07, 6.45) is 0. The van der Waals surface area contributed by atoms with Crippen LogP contribution in [0, 0.1) is 0 Å². The van der Waals surface area contributed by atoms with Crippen LogP contribution in [0.3, 0.4) is 0 Å². The van der Waals surface area contributed by atoms with Crippen LogP contribution in [0.2, 0.25) is 0 Å². The summed E-state index contributed by atoms with van der Waals surface area (Å²) >= 11 is 3.06. The Morgan fingerprint density at radius 3 is 1.43 bits per heavy atom. The lowest BCUT2D eigenvalue weighted by atomic mass is 10.0. The molecule has 0 spiro atoms. The molecule has 2 N–H and O–H groups in total. The molecule has 0 atom stereocenters. The van der Waals surface area contributed by atoms with E-state index in [1.807, 2.05) is 24.3 Å². The lowest BCUT2D eigenvalue weighted by Gasteiger charge is -2.07. The van der Waals surface area contributed by atoms with Gasteiger partial charge in [0.05, 0.1) is 53.5 Å². The number of aromatic amines is 2. The predicted octanol–water partition coefficient (Wildman–Crippen LogP) is 4.90. The van der Waals surface area contributed by atoms with Crippen molar-refractivity contribution in [2.75, 3.05) is 0 Å². The van der Waals surface area contributed by atoms with E-state index in [-0.39, 0.29) is 10.9 Å². The number of aromatic nitrogens is 4. The van der Waals surface area contributed by atoms with Gasteiger partial charge in [-0.3, -0.25) is 9.59 Å². The fourth-order valence-electron chi connectivity index (χ4n) is 4.15. The normalized spacial score (nSPS) is 12.3. The van der Waals surface area contributed by atoms with Crippen molar-refractivity contribution >= 4 is 86.7 Å². The lowest BCUT2D eigenvalue weighted by molar-refractivity contribution is 1.45. The van der Waals surface area contributed by atoms with Gasteiger partial charge in [-0.05, 0) is 36.4 Å². The molecule has 0 saturated carbocycles. The number of H-pyrrole nitrogens is 2. The minimum Gasteiger partial charge on any atom is -0.354 e. The Hall–Kier alpha value is -3.62. The molecule has 0 saturated heterocycles. The summed E-state index contributed by atoms with van der Waals surface area (Å²) in [4.78, 5) is 41.8. The number of rotatable bonds is 0. The lowest BCUT2D eigenvalue weighted by Crippen LogP contribution is -2.08. The summed E-state index contributed by atoms with van der Waals surface area (Å²) in [6, 6.07) is 11.1. The van der Waals surface area contributed by atoms with Crippen LogP contribution in [0.25, 0.3) is 64.0 Å². The van der Waals surface area contributed by atoms with Crippen LogP contribution < -0.4 is 10.9 Å². The Kier molecular flexibility index (Phi) is 2.97. The average Bonchev–Trinajstić information content (AvgIpc) is 3.39. The number of thiazole rings is 2. The van der Waals surface area contributed by atoms with Crippen LogP contribution in [0.4, 0.5) is 0 Å². The second kappa shape index (κ2) is 5.50. The first kappa shape index (κ1) is 16.2. The van der Waals surface area contributed by atoms with E-state index in [2.05, 4.69) is 19.9 Å². The second-order valence-electron chi connectivity index (χ2n) is 7.29. The van der Waals surface area contributed by atoms with Gasteiger partial charge in [-0.25, -0.2) is 9.97 Å². The van der Waals surface area contributed by atoms with Gasteiger partial charge in [-0.2, -0.15) is 0 Å². The van der Waals surface area contributed by atoms with E-state index in [0.717, 1.165) is 31.5 Å². The molecule has 0 aliphatic carbocycles. The monoisotopic (exact) mass is 426 g/mol. The van der Waals surface area contributed by atoms with Gasteiger partial charge in [-0.15, -0.1) is 22.7 Å². The Morgan fingerprint density at radius 2 is 0.967 bits per heavy atom. The number of hydrogen-bond acceptors (Lipinski definition) is 6. The van der Waals surface area contributed by atoms with Crippen molar-refractivity contribution in [2.45, 2.75) is 0 Å². The standard InChI is InChI=1S/C22H10N4O2S2/c27-21-9-1-13-10(22(28)12-4-18-19(29-8-24-18)5-15(12)25-13)2-14(9)26-16-6-20-17(3-11(16)21)23-7-30-20/h1-8H,(H,25,28)(H,26,27). The molecule has 0 unspecified atom stereocenters. The third-order valence-corrected chi connectivity index (χ3v) is 7.20. The Morgan fingerprint density at radius 1 is 0.567 bits per heavy atom. The first-order valence-corrected chi connectivity index (χ1v) is 11.0. The summed E-state index contributed by atoms with van der Waals surface area (Å²) in [5, 5.41) is 2.27. The quantitative estimate of drug-likeness (QED) is 0.338. The molecule has 4 aromatic heterocycles. The van der Waals surface area contributed by atoms with E-state index in [1.165, 1.54) is 22.7 Å². The Balaban J connectivity index is 1.66. The van der Waals surface area contributed by atoms with Crippen molar-refractivity contribution in [1.29, 1.82) is 0 Å². The van der Waals surface area contributed by atoms with Gasteiger partial charge in [0.15, 0.2) is 10.9 Å². The molecule has 0 fully saturated rings. The van der Waals surface area contributed by atoms with Crippen molar-refractivity contribution in [3.05, 3.63) is 67.9 Å². The fourth-order valence-corrected chi connectivity index (χ4v) is 5.55. The molecule has 0 bridgehead atoms. The van der Waals surface area contributed by atoms with Crippen LogP contribution in [0.15, 0.2) is 57.0 Å². The number of fused-ring (bicyclic) bond motifs is 6. The van der Waals surface area contributed by atoms with Crippen molar-refractivity contribution in [3.8, 4) is 0 Å². The summed E-state index contributed by atoms with van der Waals surface area (Å²) in [5.74, 6) is 0. The number of benzene rings is 3. The molecule has 3 aromatic carbocycles. The first-order valence-electron chi connectivity index (χ1n) is 9.22. The van der Waals surface area contributed by atoms with Gasteiger partial charge in [0.25, 0.3) is 0 Å². The first-order chi connectivity index (χ1) is 14.7. The van der Waals surface area contributed by atoms with Crippen molar-refractivity contribution < 1.29 is 0 Å². The van der Waals surface area contributed by atoms with Crippen LogP contribution in [0.5, 0.6) is 0 Å². The van der Waals surface area contributed by atoms with Crippen molar-refractivity contribution in [1.82, 2.24) is 19.9 Å². The highest BCUT2D eigenvalue weighted by atomic mass is 32.1. The summed E-state index contributed by atoms with van der Waals surface area (Å²) in [6.45, 7) is 0. The molecule has 4 heterocycles. The van der Waals surface area contributed by atoms with Crippen LogP contribution in [-0.4, -0.2) is 19.9 Å². The van der Waals surface area contributed by atoms with Gasteiger partial charge >= 0.3 is 0 Å². The van der Waals surface area contributed by atoms with E-state index in [0.29, 0.717) is 32.6 Å². The molecule has 8 heteroatoms. The molecular weight excluding hydrogens is 416 g/mol. The van der Waals surface area contributed by atoms with Gasteiger partial charge in [0.2, 0.25) is 0 Å². The van der Waals surface area contributed by atoms with E-state index in [9.17, 15) is 9.59 Å². The largest absolute Gasteiger partial charge is 0.354 e. The van der Waals surface area contributed by atoms with Gasteiger partial charge in [0.1, 0.15) is 0 Å². The minimum atomic E-state index is -0.0746. The third-order valence-electron chi connectivity index (χ3n) is 5.62. The fraction of sp³-hybridized carbons (Fsp3) is 0. The molecule has 7 aromatic rings. The SMILES string of the molecule is O=c1c2cc3ncsc3cc2[nH]c2cc3c(=O)c4cc5ncsc5cc4[nH]c3cc12. The predicted molar refractivity (Wildman–Crippen MR) is 124 cm³/mol. The van der Waals surface area contributed by atoms with Crippen LogP contribution in [0.1, 0.15) is 0 Å². The summed E-state index contributed by atoms with van der Waals surface area (Å²) in [7, 11) is 0. The van der Waals surface area contributed by atoms with Crippen molar-refractivity contribution in [2.24, 2.45) is 0 Å². The maximum Gasteiger partial charge on any atom is 0.197 e. The molecule has 30 heavy (non-hydrogen) atoms. The molecule has 142 valence electrons. The van der Waals surface area contributed by atoms with Crippen LogP contribution in [-0.2, 0) is 0 Å². The van der Waals surface area contributed by atoms with Gasteiger partial charge in [0, 0.05) is 21.5 Å². The molecule has 6 nitrogen and oxygen atoms in total. The highest BCUT2D eigenvalue weighted by Crippen LogP contribution is 2.27. The number of pyridine rings is 2. The Labute approximate surface area is 174 Å². The van der Waals surface area contributed by atoms with Gasteiger partial charge < -0.3 is 9.97 Å². The number of nitrogens with one attached hydrogen (secondary N) is 2. The highest BCUT2D eigenvalue weighted by molar-refractivity contribution is 7.17. The Bertz CT molecular complexity index is 1820. The summed E-state index contributed by atoms with van der Waals surface area (Å²) < 4.78 is 2.02. The topological polar surface area (TPSA) is 91.5 Å². The zero-order valence-corrected chi connectivity index (χ0v) is 16.8. The van der Waals surface area contributed by atoms with E-state index < -0.39 is 0 Å². The molecule has 7 rings (SSSR count). The maximum atomic E-state index is 13.2. The zero-order chi connectivity index (χ0) is 20.0. The molecular formula is C22H10N4O2S2. The van der Waals surface area contributed by atoms with Gasteiger partial charge in [-0.1, -0.05) is 0 Å². The van der Waals surface area contributed by atoms with Crippen LogP contribution >= 0.6 is 22.7 Å². The number of hydrogen-bond donors (Lipinski definition) is 2.